The minimum atomic E-state index is -5.73. The van der Waals surface area contributed by atoms with Gasteiger partial charge in [0.05, 0.1) is 0 Å². The Morgan fingerprint density at radius 1 is 1.29 bits per heavy atom. The van der Waals surface area contributed by atoms with E-state index in [1.807, 2.05) is 13.8 Å². The first-order valence-electron chi connectivity index (χ1n) is 6.22. The van der Waals surface area contributed by atoms with Gasteiger partial charge >= 0.3 is 15.5 Å². The molecule has 1 aromatic heterocycles. The Hall–Kier alpha value is -1.64. The van der Waals surface area contributed by atoms with Crippen LogP contribution in [0.5, 0.6) is 0 Å². The van der Waals surface area contributed by atoms with Crippen LogP contribution < -0.4 is 4.72 Å². The third-order valence-electron chi connectivity index (χ3n) is 2.94. The molecule has 1 heterocycles. The summed E-state index contributed by atoms with van der Waals surface area (Å²) in [5, 5.41) is 0. The fourth-order valence-corrected chi connectivity index (χ4v) is 2.21. The second-order valence-corrected chi connectivity index (χ2v) is 6.02. The van der Waals surface area contributed by atoms with Crippen LogP contribution in [0.3, 0.4) is 0 Å². The second-order valence-electron chi connectivity index (χ2n) is 4.34. The summed E-state index contributed by atoms with van der Waals surface area (Å²) in [4.78, 5) is 15.5. The molecule has 5 nitrogen and oxygen atoms in total. The summed E-state index contributed by atoms with van der Waals surface area (Å²) in [7, 11) is -5.73. The smallest absolute Gasteiger partial charge is 0.266 e. The summed E-state index contributed by atoms with van der Waals surface area (Å²) in [6.07, 6.45) is 1.49. The Kier molecular flexibility index (Phi) is 5.32. The van der Waals surface area contributed by atoms with Gasteiger partial charge in [0.25, 0.3) is 5.91 Å². The quantitative estimate of drug-likeness (QED) is 0.903. The summed E-state index contributed by atoms with van der Waals surface area (Å²) in [6.45, 7) is 3.83. The van der Waals surface area contributed by atoms with E-state index in [1.54, 1.807) is 6.07 Å². The van der Waals surface area contributed by atoms with Crippen molar-refractivity contribution in [1.29, 1.82) is 0 Å². The molecule has 0 aliphatic heterocycles. The lowest BCUT2D eigenvalue weighted by Gasteiger charge is -2.13. The molecule has 0 radical (unpaired) electrons. The van der Waals surface area contributed by atoms with E-state index >= 15 is 0 Å². The van der Waals surface area contributed by atoms with E-state index in [9.17, 15) is 26.4 Å². The lowest BCUT2D eigenvalue weighted by atomic mass is 9.99. The topological polar surface area (TPSA) is 76.1 Å². The van der Waals surface area contributed by atoms with E-state index in [2.05, 4.69) is 4.98 Å². The van der Waals surface area contributed by atoms with Gasteiger partial charge in [0, 0.05) is 11.6 Å². The first-order chi connectivity index (χ1) is 9.62. The highest BCUT2D eigenvalue weighted by atomic mass is 32.2. The van der Waals surface area contributed by atoms with Crippen molar-refractivity contribution in [2.24, 2.45) is 0 Å². The maximum Gasteiger partial charge on any atom is 0.516 e. The van der Waals surface area contributed by atoms with Crippen LogP contribution in [0.1, 0.15) is 48.8 Å². The van der Waals surface area contributed by atoms with Crippen LogP contribution >= 0.6 is 0 Å². The summed E-state index contributed by atoms with van der Waals surface area (Å²) in [6, 6.07) is 4.26. The van der Waals surface area contributed by atoms with Gasteiger partial charge in [-0.2, -0.15) is 21.6 Å². The summed E-state index contributed by atoms with van der Waals surface area (Å²) < 4.78 is 59.3. The summed E-state index contributed by atoms with van der Waals surface area (Å²) >= 11 is 0. The van der Waals surface area contributed by atoms with Crippen molar-refractivity contribution in [3.63, 3.8) is 0 Å². The molecule has 1 rings (SSSR count). The van der Waals surface area contributed by atoms with Crippen molar-refractivity contribution in [1.82, 2.24) is 9.71 Å². The van der Waals surface area contributed by atoms with Crippen LogP contribution in [0.4, 0.5) is 13.2 Å². The number of pyridine rings is 1. The zero-order valence-corrected chi connectivity index (χ0v) is 12.3. The Morgan fingerprint density at radius 3 is 2.33 bits per heavy atom. The fraction of sp³-hybridized carbons (Fsp3) is 0.500. The number of aromatic nitrogens is 1. The van der Waals surface area contributed by atoms with E-state index in [4.69, 9.17) is 0 Å². The summed E-state index contributed by atoms with van der Waals surface area (Å²) in [5.41, 5.74) is -5.38. The number of alkyl halides is 3. The normalized spacial score (nSPS) is 12.5. The Bertz CT molecular complexity index is 610. The molecule has 1 N–H and O–H groups in total. The maximum absolute atomic E-state index is 12.2. The van der Waals surface area contributed by atoms with Gasteiger partial charge in [-0.3, -0.25) is 4.79 Å². The van der Waals surface area contributed by atoms with E-state index in [1.165, 1.54) is 6.07 Å². The first kappa shape index (κ1) is 17.4. The van der Waals surface area contributed by atoms with Gasteiger partial charge in [-0.15, -0.1) is 0 Å². The van der Waals surface area contributed by atoms with Crippen molar-refractivity contribution in [2.75, 3.05) is 0 Å². The number of hydrogen-bond donors (Lipinski definition) is 1. The Labute approximate surface area is 120 Å². The van der Waals surface area contributed by atoms with Gasteiger partial charge in [-0.1, -0.05) is 19.9 Å². The second kappa shape index (κ2) is 6.42. The number of hydrogen-bond acceptors (Lipinski definition) is 4. The number of sulfonamides is 1. The average Bonchev–Trinajstić information content (AvgIpc) is 2.38. The lowest BCUT2D eigenvalue weighted by molar-refractivity contribution is -0.0446. The molecule has 0 unspecified atom stereocenters. The summed E-state index contributed by atoms with van der Waals surface area (Å²) in [5.74, 6) is -1.35. The van der Waals surface area contributed by atoms with Crippen molar-refractivity contribution in [3.8, 4) is 0 Å². The molecule has 0 atom stereocenters. The molecule has 0 aromatic carbocycles. The SMILES string of the molecule is CCC(CC)c1cccc(C(=O)NS(=O)(=O)C(F)(F)F)n1. The monoisotopic (exact) mass is 324 g/mol. The molecule has 0 aliphatic rings. The van der Waals surface area contributed by atoms with Gasteiger partial charge < -0.3 is 0 Å². The first-order valence-corrected chi connectivity index (χ1v) is 7.71. The van der Waals surface area contributed by atoms with E-state index < -0.39 is 21.4 Å². The van der Waals surface area contributed by atoms with Crippen LogP contribution in [-0.2, 0) is 10.0 Å². The van der Waals surface area contributed by atoms with Gasteiger partial charge in [0.15, 0.2) is 0 Å². The molecule has 0 aliphatic carbocycles. The highest BCUT2D eigenvalue weighted by Gasteiger charge is 2.47. The Morgan fingerprint density at radius 2 is 1.86 bits per heavy atom. The van der Waals surface area contributed by atoms with E-state index in [-0.39, 0.29) is 11.6 Å². The molecule has 0 bridgehead atoms. The minimum Gasteiger partial charge on any atom is -0.266 e. The van der Waals surface area contributed by atoms with Crippen molar-refractivity contribution in [3.05, 3.63) is 29.6 Å². The molecule has 0 fully saturated rings. The molecular weight excluding hydrogens is 309 g/mol. The number of carbonyl (C=O) groups excluding carboxylic acids is 1. The van der Waals surface area contributed by atoms with Crippen molar-refractivity contribution >= 4 is 15.9 Å². The zero-order chi connectivity index (χ0) is 16.3. The van der Waals surface area contributed by atoms with Crippen LogP contribution in [0.2, 0.25) is 0 Å². The van der Waals surface area contributed by atoms with Crippen molar-refractivity contribution < 1.29 is 26.4 Å². The van der Waals surface area contributed by atoms with Gasteiger partial charge in [0.2, 0.25) is 0 Å². The number of rotatable bonds is 5. The number of amides is 1. The number of nitrogens with one attached hydrogen (secondary N) is 1. The molecular formula is C12H15F3N2O3S. The third-order valence-corrected chi connectivity index (χ3v) is 4.00. The average molecular weight is 324 g/mol. The molecule has 1 amide bonds. The maximum atomic E-state index is 12.2. The van der Waals surface area contributed by atoms with Crippen molar-refractivity contribution in [2.45, 2.75) is 38.1 Å². The highest BCUT2D eigenvalue weighted by Crippen LogP contribution is 2.23. The van der Waals surface area contributed by atoms with Gasteiger partial charge in [0.1, 0.15) is 5.69 Å². The Balaban J connectivity index is 3.02. The van der Waals surface area contributed by atoms with Crippen LogP contribution in [0, 0.1) is 0 Å². The predicted octanol–water partition coefficient (Wildman–Crippen LogP) is 2.56. The third kappa shape index (κ3) is 4.16. The number of nitrogens with zero attached hydrogens (tertiary/aromatic N) is 1. The highest BCUT2D eigenvalue weighted by molar-refractivity contribution is 7.90. The predicted molar refractivity (Wildman–Crippen MR) is 70.0 cm³/mol. The largest absolute Gasteiger partial charge is 0.516 e. The zero-order valence-electron chi connectivity index (χ0n) is 11.4. The standard InChI is InChI=1S/C12H15F3N2O3S/c1-3-8(4-2)9-6-5-7-10(16-9)11(18)17-21(19,20)12(13,14)15/h5-8H,3-4H2,1-2H3,(H,17,18). The fourth-order valence-electron chi connectivity index (χ4n) is 1.74. The molecule has 1 aromatic rings. The van der Waals surface area contributed by atoms with Gasteiger partial charge in [-0.05, 0) is 25.0 Å². The van der Waals surface area contributed by atoms with Crippen LogP contribution in [0.25, 0.3) is 0 Å². The van der Waals surface area contributed by atoms with E-state index in [0.29, 0.717) is 5.69 Å². The molecule has 0 spiro atoms. The van der Waals surface area contributed by atoms with E-state index in [0.717, 1.165) is 23.6 Å². The molecule has 0 saturated carbocycles. The molecule has 118 valence electrons. The van der Waals surface area contributed by atoms with Crippen LogP contribution in [-0.4, -0.2) is 24.8 Å². The lowest BCUT2D eigenvalue weighted by Crippen LogP contribution is -2.40. The molecule has 0 saturated heterocycles. The number of halogens is 3. The molecule has 21 heavy (non-hydrogen) atoms. The number of carbonyl (C=O) groups is 1. The minimum absolute atomic E-state index is 0.0528. The van der Waals surface area contributed by atoms with Crippen LogP contribution in [0.15, 0.2) is 18.2 Å². The van der Waals surface area contributed by atoms with Gasteiger partial charge in [-0.25, -0.2) is 9.71 Å². The molecule has 9 heteroatoms.